The van der Waals surface area contributed by atoms with Crippen LogP contribution in [0.25, 0.3) is 60.4 Å². The van der Waals surface area contributed by atoms with Crippen molar-refractivity contribution in [2.75, 3.05) is 5.01 Å². The molecule has 5 heteroatoms. The summed E-state index contributed by atoms with van der Waals surface area (Å²) in [5.74, 6) is 0. The fourth-order valence-corrected chi connectivity index (χ4v) is 10.2. The minimum Gasteiger partial charge on any atom is -0.309 e. The van der Waals surface area contributed by atoms with E-state index < -0.39 is 15.7 Å². The van der Waals surface area contributed by atoms with E-state index in [1.165, 1.54) is 59.6 Å². The molecule has 0 fully saturated rings. The molecule has 2 aromatic heterocycles. The highest BCUT2D eigenvalue weighted by atomic mass is 28.2. The van der Waals surface area contributed by atoms with Crippen LogP contribution in [0.5, 0.6) is 0 Å². The van der Waals surface area contributed by atoms with Gasteiger partial charge in [-0.05, 0) is 70.8 Å². The van der Waals surface area contributed by atoms with E-state index in [1.807, 2.05) is 0 Å². The van der Waals surface area contributed by atoms with Crippen LogP contribution in [0.15, 0.2) is 212 Å². The first-order valence-corrected chi connectivity index (χ1v) is 21.0. The van der Waals surface area contributed by atoms with Crippen LogP contribution in [0.4, 0.5) is 0 Å². The molecule has 4 nitrogen and oxygen atoms in total. The molecule has 274 valence electrons. The number of benzene rings is 8. The first kappa shape index (κ1) is 34.6. The Morgan fingerprint density at radius 1 is 0.509 bits per heavy atom. The maximum absolute atomic E-state index is 7.45. The SMILES string of the molecule is C=C(Cc1ccccc1)N(C(N)c1cccc([SiH2]c2ccccc2)c1)n1c2ccccc2c2cc(-c3ccc4c(c3)c3ccccc3n4-c3ccccc3)ccc21. The highest BCUT2D eigenvalue weighted by Crippen LogP contribution is 2.38. The number of nitrogens with zero attached hydrogens (tertiary/aromatic N) is 3. The Morgan fingerprint density at radius 3 is 1.75 bits per heavy atom. The zero-order valence-electron chi connectivity index (χ0n) is 31.7. The quantitative estimate of drug-likeness (QED) is 0.112. The Balaban J connectivity index is 1.11. The van der Waals surface area contributed by atoms with Gasteiger partial charge in [-0.25, -0.2) is 0 Å². The van der Waals surface area contributed by atoms with Gasteiger partial charge in [0.25, 0.3) is 0 Å². The van der Waals surface area contributed by atoms with Crippen molar-refractivity contribution in [2.24, 2.45) is 5.73 Å². The summed E-state index contributed by atoms with van der Waals surface area (Å²) in [7, 11) is -0.670. The monoisotopic (exact) mass is 750 g/mol. The van der Waals surface area contributed by atoms with Gasteiger partial charge in [0.05, 0.1) is 31.6 Å². The molecule has 0 spiro atoms. The fraction of sp³-hybridized carbons (Fsp3) is 0.0385. The lowest BCUT2D eigenvalue weighted by Gasteiger charge is -2.35. The van der Waals surface area contributed by atoms with Gasteiger partial charge in [-0.1, -0.05) is 169 Å². The number of hydrogen-bond acceptors (Lipinski definition) is 2. The van der Waals surface area contributed by atoms with Gasteiger partial charge in [0.15, 0.2) is 0 Å². The summed E-state index contributed by atoms with van der Waals surface area (Å²) in [6.45, 7) is 4.73. The lowest BCUT2D eigenvalue weighted by Crippen LogP contribution is -2.42. The van der Waals surface area contributed by atoms with Gasteiger partial charge >= 0.3 is 0 Å². The molecule has 2 N–H and O–H groups in total. The molecule has 0 aliphatic carbocycles. The van der Waals surface area contributed by atoms with E-state index in [-0.39, 0.29) is 0 Å². The molecule has 1 atom stereocenters. The number of nitrogens with two attached hydrogens (primary N) is 1. The molecule has 0 saturated heterocycles. The second-order valence-electron chi connectivity index (χ2n) is 14.9. The first-order chi connectivity index (χ1) is 28.1. The zero-order chi connectivity index (χ0) is 38.3. The molecular weight excluding hydrogens is 709 g/mol. The van der Waals surface area contributed by atoms with Crippen LogP contribution in [0.2, 0.25) is 0 Å². The summed E-state index contributed by atoms with van der Waals surface area (Å²) in [6.07, 6.45) is 0.185. The standard InChI is InChI=1S/C52H42N4Si/c1-36(32-37-16-5-2-6-17-37)55(52(53)40-18-15-23-43(33-40)57-42-21-9-4-10-22-42)56-50-27-14-12-25-45(50)47-35-39(29-31-51(47)56)38-28-30-49-46(34-38)44-24-11-13-26-48(44)54(49)41-19-7-3-8-20-41/h2-31,33-35,52H,1,32,53,57H2. The number of fused-ring (bicyclic) bond motifs is 6. The van der Waals surface area contributed by atoms with E-state index in [0.29, 0.717) is 6.42 Å². The highest BCUT2D eigenvalue weighted by molar-refractivity contribution is 6.67. The topological polar surface area (TPSA) is 39.1 Å². The van der Waals surface area contributed by atoms with Crippen molar-refractivity contribution in [1.82, 2.24) is 9.24 Å². The molecule has 1 unspecified atom stereocenters. The Labute approximate surface area is 335 Å². The van der Waals surface area contributed by atoms with Gasteiger partial charge in [0, 0.05) is 39.4 Å². The number of allylic oxidation sites excluding steroid dienone is 1. The van der Waals surface area contributed by atoms with Crippen molar-refractivity contribution < 1.29 is 0 Å². The number of rotatable bonds is 10. The first-order valence-electron chi connectivity index (χ1n) is 19.6. The molecule has 8 aromatic carbocycles. The third-order valence-electron chi connectivity index (χ3n) is 11.3. The van der Waals surface area contributed by atoms with Crippen molar-refractivity contribution in [3.63, 3.8) is 0 Å². The lowest BCUT2D eigenvalue weighted by molar-refractivity contribution is 0.563. The average Bonchev–Trinajstić information content (AvgIpc) is 3.77. The summed E-state index contributed by atoms with van der Waals surface area (Å²) < 4.78 is 4.67. The predicted octanol–water partition coefficient (Wildman–Crippen LogP) is 10.0. The van der Waals surface area contributed by atoms with E-state index in [0.717, 1.165) is 28.0 Å². The normalized spacial score (nSPS) is 12.3. The van der Waals surface area contributed by atoms with E-state index in [9.17, 15) is 0 Å². The smallest absolute Gasteiger partial charge is 0.123 e. The Kier molecular flexibility index (Phi) is 8.87. The number of aromatic nitrogens is 2. The summed E-state index contributed by atoms with van der Waals surface area (Å²) in [5, 5.41) is 9.82. The fourth-order valence-electron chi connectivity index (χ4n) is 8.61. The molecule has 2 heterocycles. The van der Waals surface area contributed by atoms with Gasteiger partial charge in [0.2, 0.25) is 0 Å². The van der Waals surface area contributed by atoms with Crippen molar-refractivity contribution in [3.8, 4) is 16.8 Å². The van der Waals surface area contributed by atoms with Gasteiger partial charge in [-0.15, -0.1) is 0 Å². The predicted molar refractivity (Wildman–Crippen MR) is 244 cm³/mol. The molecule has 0 bridgehead atoms. The third kappa shape index (κ3) is 6.33. The van der Waals surface area contributed by atoms with Crippen LogP contribution in [0.3, 0.4) is 0 Å². The molecular formula is C52H42N4Si. The molecule has 57 heavy (non-hydrogen) atoms. The zero-order valence-corrected chi connectivity index (χ0v) is 33.1. The largest absolute Gasteiger partial charge is 0.309 e. The lowest BCUT2D eigenvalue weighted by atomic mass is 10.0. The van der Waals surface area contributed by atoms with Gasteiger partial charge in [-0.3, -0.25) is 9.69 Å². The molecule has 0 radical (unpaired) electrons. The average molecular weight is 751 g/mol. The number of hydrogen-bond donors (Lipinski definition) is 1. The van der Waals surface area contributed by atoms with E-state index >= 15 is 0 Å². The minimum absolute atomic E-state index is 0.478. The summed E-state index contributed by atoms with van der Waals surface area (Å²) >= 11 is 0. The molecule has 0 aliphatic heterocycles. The van der Waals surface area contributed by atoms with Crippen molar-refractivity contribution >= 4 is 63.5 Å². The van der Waals surface area contributed by atoms with E-state index in [1.54, 1.807) is 0 Å². The molecule has 0 saturated carbocycles. The van der Waals surface area contributed by atoms with Crippen molar-refractivity contribution in [2.45, 2.75) is 12.6 Å². The van der Waals surface area contributed by atoms with E-state index in [2.05, 4.69) is 214 Å². The molecule has 0 aliphatic rings. The maximum Gasteiger partial charge on any atom is 0.123 e. The van der Waals surface area contributed by atoms with Crippen molar-refractivity contribution in [3.05, 3.63) is 224 Å². The summed E-state index contributed by atoms with van der Waals surface area (Å²) in [4.78, 5) is 0. The summed E-state index contributed by atoms with van der Waals surface area (Å²) in [5.41, 5.74) is 18.7. The van der Waals surface area contributed by atoms with Crippen LogP contribution < -0.4 is 21.1 Å². The Bertz CT molecular complexity index is 3060. The Morgan fingerprint density at radius 2 is 1.04 bits per heavy atom. The third-order valence-corrected chi connectivity index (χ3v) is 13.0. The van der Waals surface area contributed by atoms with Crippen LogP contribution >= 0.6 is 0 Å². The van der Waals surface area contributed by atoms with Crippen LogP contribution in [0, 0.1) is 0 Å². The second kappa shape index (κ2) is 14.6. The maximum atomic E-state index is 7.45. The van der Waals surface area contributed by atoms with Gasteiger partial charge < -0.3 is 10.3 Å². The minimum atomic E-state index is -0.670. The molecule has 10 aromatic rings. The Hall–Kier alpha value is -6.92. The van der Waals surface area contributed by atoms with Crippen LogP contribution in [0.1, 0.15) is 17.3 Å². The van der Waals surface area contributed by atoms with Crippen molar-refractivity contribution in [1.29, 1.82) is 0 Å². The highest BCUT2D eigenvalue weighted by Gasteiger charge is 2.25. The van der Waals surface area contributed by atoms with Crippen LogP contribution in [-0.2, 0) is 6.42 Å². The van der Waals surface area contributed by atoms with Crippen LogP contribution in [-0.4, -0.2) is 18.8 Å². The summed E-state index contributed by atoms with van der Waals surface area (Å²) in [6, 6.07) is 72.0. The van der Waals surface area contributed by atoms with Gasteiger partial charge in [-0.2, -0.15) is 0 Å². The van der Waals surface area contributed by atoms with Gasteiger partial charge in [0.1, 0.15) is 6.17 Å². The molecule has 0 amide bonds. The van der Waals surface area contributed by atoms with E-state index in [4.69, 9.17) is 12.3 Å². The number of para-hydroxylation sites is 3. The molecule has 10 rings (SSSR count). The second-order valence-corrected chi connectivity index (χ2v) is 16.9.